The standard InChI is InChI=1S/C14H30N4O/c1-14(2,13(15)17-19)7-4-8-16-11-12-5-9-18(3)10-6-12/h12,16,19H,4-11H2,1-3H3,(H2,15,17). The van der Waals surface area contributed by atoms with Gasteiger partial charge in [-0.1, -0.05) is 19.0 Å². The maximum absolute atomic E-state index is 8.71. The van der Waals surface area contributed by atoms with E-state index in [4.69, 9.17) is 10.9 Å². The van der Waals surface area contributed by atoms with Crippen LogP contribution in [0.5, 0.6) is 0 Å². The van der Waals surface area contributed by atoms with Crippen molar-refractivity contribution in [3.05, 3.63) is 0 Å². The van der Waals surface area contributed by atoms with Crippen molar-refractivity contribution in [1.29, 1.82) is 0 Å². The lowest BCUT2D eigenvalue weighted by Gasteiger charge is -2.29. The summed E-state index contributed by atoms with van der Waals surface area (Å²) in [6, 6.07) is 0. The Morgan fingerprint density at radius 2 is 2.05 bits per heavy atom. The van der Waals surface area contributed by atoms with Crippen LogP contribution < -0.4 is 11.1 Å². The average Bonchev–Trinajstić information content (AvgIpc) is 2.39. The lowest BCUT2D eigenvalue weighted by molar-refractivity contribution is 0.216. The van der Waals surface area contributed by atoms with Gasteiger partial charge in [-0.2, -0.15) is 0 Å². The Kier molecular flexibility index (Phi) is 6.58. The lowest BCUT2D eigenvalue weighted by Crippen LogP contribution is -2.36. The van der Waals surface area contributed by atoms with Gasteiger partial charge in [0.05, 0.1) is 0 Å². The Bertz CT molecular complexity index is 283. The Morgan fingerprint density at radius 1 is 1.42 bits per heavy atom. The van der Waals surface area contributed by atoms with Gasteiger partial charge in [0.25, 0.3) is 0 Å². The number of hydrogen-bond donors (Lipinski definition) is 3. The monoisotopic (exact) mass is 270 g/mol. The normalized spacial score (nSPS) is 19.8. The molecule has 0 amide bonds. The molecule has 0 aromatic rings. The summed E-state index contributed by atoms with van der Waals surface area (Å²) >= 11 is 0. The molecule has 0 radical (unpaired) electrons. The number of nitrogens with two attached hydrogens (primary N) is 1. The molecule has 0 atom stereocenters. The van der Waals surface area contributed by atoms with E-state index in [2.05, 4.69) is 22.4 Å². The minimum absolute atomic E-state index is 0.218. The van der Waals surface area contributed by atoms with Crippen molar-refractivity contribution in [1.82, 2.24) is 10.2 Å². The first kappa shape index (κ1) is 16.2. The summed E-state index contributed by atoms with van der Waals surface area (Å²) < 4.78 is 0. The second-order valence-corrected chi connectivity index (χ2v) is 6.42. The number of nitrogens with zero attached hydrogens (tertiary/aromatic N) is 2. The van der Waals surface area contributed by atoms with Crippen LogP contribution in [0.3, 0.4) is 0 Å². The molecule has 112 valence electrons. The highest BCUT2D eigenvalue weighted by Gasteiger charge is 2.22. The molecule has 0 bridgehead atoms. The maximum atomic E-state index is 8.71. The van der Waals surface area contributed by atoms with E-state index in [-0.39, 0.29) is 5.41 Å². The first-order valence-electron chi connectivity index (χ1n) is 7.33. The molecule has 1 fully saturated rings. The predicted octanol–water partition coefficient (Wildman–Crippen LogP) is 1.47. The number of piperidine rings is 1. The van der Waals surface area contributed by atoms with Crippen molar-refractivity contribution in [2.45, 2.75) is 39.5 Å². The van der Waals surface area contributed by atoms with Crippen molar-refractivity contribution >= 4 is 5.84 Å². The van der Waals surface area contributed by atoms with Gasteiger partial charge < -0.3 is 21.2 Å². The Labute approximate surface area is 117 Å². The molecule has 5 nitrogen and oxygen atoms in total. The summed E-state index contributed by atoms with van der Waals surface area (Å²) in [6.07, 6.45) is 4.59. The maximum Gasteiger partial charge on any atom is 0.144 e. The summed E-state index contributed by atoms with van der Waals surface area (Å²) in [5, 5.41) is 15.4. The van der Waals surface area contributed by atoms with Crippen LogP contribution in [0.2, 0.25) is 0 Å². The highest BCUT2D eigenvalue weighted by molar-refractivity contribution is 5.85. The third kappa shape index (κ3) is 5.78. The molecular formula is C14H30N4O. The zero-order chi connectivity index (χ0) is 14.3. The van der Waals surface area contributed by atoms with Crippen molar-refractivity contribution in [2.75, 3.05) is 33.2 Å². The third-order valence-electron chi connectivity index (χ3n) is 4.23. The van der Waals surface area contributed by atoms with E-state index in [0.717, 1.165) is 31.8 Å². The summed E-state index contributed by atoms with van der Waals surface area (Å²) in [7, 11) is 2.19. The summed E-state index contributed by atoms with van der Waals surface area (Å²) in [4.78, 5) is 2.40. The Hall–Kier alpha value is -0.810. The van der Waals surface area contributed by atoms with Gasteiger partial charge in [0, 0.05) is 5.41 Å². The van der Waals surface area contributed by atoms with E-state index in [9.17, 15) is 0 Å². The number of likely N-dealkylation sites (tertiary alicyclic amines) is 1. The van der Waals surface area contributed by atoms with Gasteiger partial charge >= 0.3 is 0 Å². The topological polar surface area (TPSA) is 73.9 Å². The first-order chi connectivity index (χ1) is 8.95. The molecule has 1 saturated heterocycles. The minimum atomic E-state index is -0.218. The number of hydrogen-bond acceptors (Lipinski definition) is 4. The average molecular weight is 270 g/mol. The predicted molar refractivity (Wildman–Crippen MR) is 79.5 cm³/mol. The second kappa shape index (κ2) is 7.70. The van der Waals surface area contributed by atoms with Crippen LogP contribution >= 0.6 is 0 Å². The van der Waals surface area contributed by atoms with Gasteiger partial charge in [-0.15, -0.1) is 0 Å². The van der Waals surface area contributed by atoms with Crippen LogP contribution in [0.15, 0.2) is 5.16 Å². The molecule has 0 aliphatic carbocycles. The van der Waals surface area contributed by atoms with Crippen LogP contribution in [0.1, 0.15) is 39.5 Å². The fourth-order valence-corrected chi connectivity index (χ4v) is 2.49. The molecule has 0 spiro atoms. The zero-order valence-electron chi connectivity index (χ0n) is 12.7. The van der Waals surface area contributed by atoms with Crippen LogP contribution in [0.4, 0.5) is 0 Å². The van der Waals surface area contributed by atoms with E-state index in [1.165, 1.54) is 25.9 Å². The van der Waals surface area contributed by atoms with Crippen LogP contribution in [0.25, 0.3) is 0 Å². The second-order valence-electron chi connectivity index (χ2n) is 6.42. The highest BCUT2D eigenvalue weighted by Crippen LogP contribution is 2.22. The Balaban J connectivity index is 2.08. The van der Waals surface area contributed by atoms with E-state index < -0.39 is 0 Å². The third-order valence-corrected chi connectivity index (χ3v) is 4.23. The Morgan fingerprint density at radius 3 is 2.63 bits per heavy atom. The molecule has 1 heterocycles. The molecule has 0 aromatic carbocycles. The fourth-order valence-electron chi connectivity index (χ4n) is 2.49. The largest absolute Gasteiger partial charge is 0.409 e. The fraction of sp³-hybridized carbons (Fsp3) is 0.929. The molecule has 5 heteroatoms. The van der Waals surface area contributed by atoms with Crippen molar-refractivity contribution < 1.29 is 5.21 Å². The molecule has 0 aromatic heterocycles. The van der Waals surface area contributed by atoms with Crippen molar-refractivity contribution in [3.63, 3.8) is 0 Å². The minimum Gasteiger partial charge on any atom is -0.409 e. The molecular weight excluding hydrogens is 240 g/mol. The number of nitrogens with one attached hydrogen (secondary N) is 1. The highest BCUT2D eigenvalue weighted by atomic mass is 16.4. The van der Waals surface area contributed by atoms with Gasteiger partial charge in [-0.3, -0.25) is 0 Å². The van der Waals surface area contributed by atoms with Gasteiger partial charge in [-0.05, 0) is 64.8 Å². The summed E-state index contributed by atoms with van der Waals surface area (Å²) in [5.74, 6) is 1.15. The zero-order valence-corrected chi connectivity index (χ0v) is 12.7. The molecule has 0 unspecified atom stereocenters. The van der Waals surface area contributed by atoms with Crippen LogP contribution in [0, 0.1) is 11.3 Å². The van der Waals surface area contributed by atoms with E-state index >= 15 is 0 Å². The molecule has 1 aliphatic heterocycles. The number of oxime groups is 1. The molecule has 19 heavy (non-hydrogen) atoms. The van der Waals surface area contributed by atoms with Gasteiger partial charge in [0.15, 0.2) is 0 Å². The molecule has 4 N–H and O–H groups in total. The molecule has 1 rings (SSSR count). The summed E-state index contributed by atoms with van der Waals surface area (Å²) in [5.41, 5.74) is 5.45. The van der Waals surface area contributed by atoms with E-state index in [1.807, 2.05) is 13.8 Å². The van der Waals surface area contributed by atoms with Gasteiger partial charge in [0.1, 0.15) is 5.84 Å². The van der Waals surface area contributed by atoms with E-state index in [1.54, 1.807) is 0 Å². The molecule has 1 aliphatic rings. The quantitative estimate of drug-likeness (QED) is 0.215. The first-order valence-corrected chi connectivity index (χ1v) is 7.33. The summed E-state index contributed by atoms with van der Waals surface area (Å²) in [6.45, 7) is 8.61. The van der Waals surface area contributed by atoms with Crippen LogP contribution in [-0.2, 0) is 0 Å². The number of rotatable bonds is 7. The number of amidine groups is 1. The van der Waals surface area contributed by atoms with Crippen molar-refractivity contribution in [2.24, 2.45) is 22.2 Å². The van der Waals surface area contributed by atoms with E-state index in [0.29, 0.717) is 5.84 Å². The van der Waals surface area contributed by atoms with Gasteiger partial charge in [0.2, 0.25) is 0 Å². The van der Waals surface area contributed by atoms with Gasteiger partial charge in [-0.25, -0.2) is 0 Å². The molecule has 0 saturated carbocycles. The lowest BCUT2D eigenvalue weighted by atomic mass is 9.86. The smallest absolute Gasteiger partial charge is 0.144 e. The van der Waals surface area contributed by atoms with Crippen LogP contribution in [-0.4, -0.2) is 49.2 Å². The van der Waals surface area contributed by atoms with Crippen molar-refractivity contribution in [3.8, 4) is 0 Å². The SMILES string of the molecule is CN1CCC(CNCCCC(C)(C)C(N)=NO)CC1.